The molecule has 0 atom stereocenters. The molecule has 0 radical (unpaired) electrons. The largest absolute Gasteiger partial charge is 0.495 e. The molecule has 0 spiro atoms. The molecule has 0 bridgehead atoms. The Morgan fingerprint density at radius 2 is 1.96 bits per heavy atom. The number of hydrogen-bond acceptors (Lipinski definition) is 3. The van der Waals surface area contributed by atoms with Crippen molar-refractivity contribution in [1.29, 1.82) is 0 Å². The molecule has 0 fully saturated rings. The molecule has 0 aliphatic carbocycles. The highest BCUT2D eigenvalue weighted by atomic mass is 35.5. The molecule has 0 aliphatic rings. The Bertz CT molecular complexity index is 735. The van der Waals surface area contributed by atoms with E-state index in [1.54, 1.807) is 13.2 Å². The van der Waals surface area contributed by atoms with Crippen molar-refractivity contribution in [1.82, 2.24) is 5.32 Å². The van der Waals surface area contributed by atoms with Gasteiger partial charge in [0.25, 0.3) is 0 Å². The molecule has 6 heteroatoms. The van der Waals surface area contributed by atoms with Crippen LogP contribution in [0.5, 0.6) is 5.75 Å². The van der Waals surface area contributed by atoms with Gasteiger partial charge in [-0.05, 0) is 42.7 Å². The van der Waals surface area contributed by atoms with Gasteiger partial charge < -0.3 is 15.4 Å². The summed E-state index contributed by atoms with van der Waals surface area (Å²) >= 11 is 12.0. The van der Waals surface area contributed by atoms with Crippen LogP contribution < -0.4 is 15.4 Å². The topological polar surface area (TPSA) is 50.4 Å². The number of ether oxygens (including phenoxy) is 1. The number of methoxy groups -OCH3 is 1. The summed E-state index contributed by atoms with van der Waals surface area (Å²) in [6.07, 6.45) is 1.13. The van der Waals surface area contributed by atoms with Crippen LogP contribution in [0.2, 0.25) is 10.0 Å². The van der Waals surface area contributed by atoms with Gasteiger partial charge in [0.15, 0.2) is 0 Å². The summed E-state index contributed by atoms with van der Waals surface area (Å²) < 4.78 is 5.30. The molecule has 2 rings (SSSR count). The number of amides is 1. The van der Waals surface area contributed by atoms with Gasteiger partial charge in [-0.1, -0.05) is 35.3 Å². The van der Waals surface area contributed by atoms with Gasteiger partial charge in [-0.2, -0.15) is 0 Å². The van der Waals surface area contributed by atoms with E-state index >= 15 is 0 Å². The van der Waals surface area contributed by atoms with Crippen LogP contribution in [-0.4, -0.2) is 26.1 Å². The minimum absolute atomic E-state index is 0.000759. The summed E-state index contributed by atoms with van der Waals surface area (Å²) in [6.45, 7) is 3.03. The fraction of sp³-hybridized carbons (Fsp3) is 0.316. The first-order valence-electron chi connectivity index (χ1n) is 8.08. The van der Waals surface area contributed by atoms with Crippen LogP contribution in [0.15, 0.2) is 36.4 Å². The van der Waals surface area contributed by atoms with Crippen molar-refractivity contribution in [2.75, 3.05) is 25.5 Å². The molecule has 2 aromatic carbocycles. The normalized spacial score (nSPS) is 10.4. The Kier molecular flexibility index (Phi) is 7.41. The highest BCUT2D eigenvalue weighted by molar-refractivity contribution is 6.31. The number of hydrogen-bond donors (Lipinski definition) is 2. The molecule has 0 aromatic heterocycles. The summed E-state index contributed by atoms with van der Waals surface area (Å²) in [5.41, 5.74) is 2.89. The number of carbonyl (C=O) groups is 1. The Hall–Kier alpha value is -1.91. The first-order chi connectivity index (χ1) is 12.0. The lowest BCUT2D eigenvalue weighted by molar-refractivity contribution is -0.120. The minimum atomic E-state index is -0.000759. The maximum atomic E-state index is 11.9. The van der Waals surface area contributed by atoms with E-state index in [2.05, 4.69) is 10.6 Å². The number of nitrogens with one attached hydrogen (secondary N) is 2. The Morgan fingerprint density at radius 3 is 2.68 bits per heavy atom. The second-order valence-corrected chi connectivity index (χ2v) is 6.55. The summed E-state index contributed by atoms with van der Waals surface area (Å²) in [5, 5.41) is 7.49. The fourth-order valence-corrected chi connectivity index (χ4v) is 2.77. The van der Waals surface area contributed by atoms with Crippen LogP contribution in [0.3, 0.4) is 0 Å². The van der Waals surface area contributed by atoms with Gasteiger partial charge in [0.1, 0.15) is 5.75 Å². The number of halogens is 2. The number of rotatable bonds is 8. The van der Waals surface area contributed by atoms with E-state index < -0.39 is 0 Å². The lowest BCUT2D eigenvalue weighted by Gasteiger charge is -2.13. The Labute approximate surface area is 158 Å². The molecule has 0 aliphatic heterocycles. The zero-order valence-electron chi connectivity index (χ0n) is 14.4. The maximum absolute atomic E-state index is 11.9. The molecular formula is C19H22Cl2N2O2. The predicted octanol–water partition coefficient (Wildman–Crippen LogP) is 4.47. The van der Waals surface area contributed by atoms with Crippen LogP contribution in [0.25, 0.3) is 0 Å². The number of aryl methyl sites for hydroxylation is 1. The van der Waals surface area contributed by atoms with Gasteiger partial charge in [0.05, 0.1) is 12.8 Å². The summed E-state index contributed by atoms with van der Waals surface area (Å²) in [6, 6.07) is 11.3. The smallest absolute Gasteiger partial charge is 0.221 e. The zero-order chi connectivity index (χ0) is 18.2. The summed E-state index contributed by atoms with van der Waals surface area (Å²) in [7, 11) is 1.59. The van der Waals surface area contributed by atoms with Crippen LogP contribution in [0, 0.1) is 6.92 Å². The van der Waals surface area contributed by atoms with Crippen molar-refractivity contribution in [2.45, 2.75) is 19.8 Å². The van der Waals surface area contributed by atoms with Crippen molar-refractivity contribution >= 4 is 34.8 Å². The number of carbonyl (C=O) groups excluding carboxylic acids is 1. The van der Waals surface area contributed by atoms with Crippen LogP contribution in [0.1, 0.15) is 17.5 Å². The molecule has 0 heterocycles. The summed E-state index contributed by atoms with van der Waals surface area (Å²) in [4.78, 5) is 11.9. The molecule has 134 valence electrons. The highest BCUT2D eigenvalue weighted by Gasteiger charge is 2.07. The number of anilines is 1. The van der Waals surface area contributed by atoms with Crippen molar-refractivity contribution in [3.8, 4) is 5.75 Å². The van der Waals surface area contributed by atoms with E-state index in [4.69, 9.17) is 27.9 Å². The van der Waals surface area contributed by atoms with Gasteiger partial charge in [0.2, 0.25) is 5.91 Å². The van der Waals surface area contributed by atoms with Crippen molar-refractivity contribution in [2.24, 2.45) is 0 Å². The average molecular weight is 381 g/mol. The molecular weight excluding hydrogens is 359 g/mol. The predicted molar refractivity (Wildman–Crippen MR) is 104 cm³/mol. The molecule has 0 saturated heterocycles. The average Bonchev–Trinajstić information content (AvgIpc) is 2.58. The highest BCUT2D eigenvalue weighted by Crippen LogP contribution is 2.30. The van der Waals surface area contributed by atoms with Crippen LogP contribution in [0.4, 0.5) is 5.69 Å². The van der Waals surface area contributed by atoms with Crippen molar-refractivity contribution in [3.05, 3.63) is 57.6 Å². The molecule has 1 amide bonds. The second-order valence-electron chi connectivity index (χ2n) is 5.71. The third kappa shape index (κ3) is 6.15. The van der Waals surface area contributed by atoms with Crippen LogP contribution in [-0.2, 0) is 11.2 Å². The molecule has 25 heavy (non-hydrogen) atoms. The van der Waals surface area contributed by atoms with E-state index in [0.29, 0.717) is 35.3 Å². The van der Waals surface area contributed by atoms with Crippen molar-refractivity contribution < 1.29 is 9.53 Å². The van der Waals surface area contributed by atoms with Gasteiger partial charge >= 0.3 is 0 Å². The third-order valence-electron chi connectivity index (χ3n) is 3.77. The first-order valence-corrected chi connectivity index (χ1v) is 8.84. The van der Waals surface area contributed by atoms with E-state index in [-0.39, 0.29) is 5.91 Å². The van der Waals surface area contributed by atoms with Gasteiger partial charge in [-0.25, -0.2) is 0 Å². The van der Waals surface area contributed by atoms with E-state index in [1.807, 2.05) is 37.3 Å². The van der Waals surface area contributed by atoms with E-state index in [1.165, 1.54) is 0 Å². The van der Waals surface area contributed by atoms with Gasteiger partial charge in [-0.3, -0.25) is 4.79 Å². The Morgan fingerprint density at radius 1 is 1.16 bits per heavy atom. The first kappa shape index (κ1) is 19.4. The fourth-order valence-electron chi connectivity index (χ4n) is 2.41. The molecule has 0 saturated carbocycles. The quantitative estimate of drug-likeness (QED) is 0.709. The van der Waals surface area contributed by atoms with Gasteiger partial charge in [0, 0.05) is 35.6 Å². The Balaban J connectivity index is 1.74. The minimum Gasteiger partial charge on any atom is -0.495 e. The molecule has 2 N–H and O–H groups in total. The van der Waals surface area contributed by atoms with Crippen LogP contribution >= 0.6 is 23.2 Å². The lowest BCUT2D eigenvalue weighted by atomic mass is 10.1. The maximum Gasteiger partial charge on any atom is 0.221 e. The standard InChI is InChI=1S/C19H22Cl2N2O2/c1-13-10-17(18(25-2)12-16(13)21)22-9-7-19(24)23-8-6-14-4-3-5-15(20)11-14/h3-5,10-12,22H,6-9H2,1-2H3,(H,23,24). The third-order valence-corrected chi connectivity index (χ3v) is 4.42. The SMILES string of the molecule is COc1cc(Cl)c(C)cc1NCCC(=O)NCCc1cccc(Cl)c1. The van der Waals surface area contributed by atoms with Gasteiger partial charge in [-0.15, -0.1) is 0 Å². The molecule has 0 unspecified atom stereocenters. The van der Waals surface area contributed by atoms with E-state index in [9.17, 15) is 4.79 Å². The lowest BCUT2D eigenvalue weighted by Crippen LogP contribution is -2.27. The summed E-state index contributed by atoms with van der Waals surface area (Å²) in [5.74, 6) is 0.663. The van der Waals surface area contributed by atoms with Crippen molar-refractivity contribution in [3.63, 3.8) is 0 Å². The molecule has 4 nitrogen and oxygen atoms in total. The second kappa shape index (κ2) is 9.54. The zero-order valence-corrected chi connectivity index (χ0v) is 15.9. The monoisotopic (exact) mass is 380 g/mol. The number of benzene rings is 2. The molecule has 2 aromatic rings. The van der Waals surface area contributed by atoms with E-state index in [0.717, 1.165) is 23.2 Å².